The Bertz CT molecular complexity index is 811. The molecule has 0 radical (unpaired) electrons. The van der Waals surface area contributed by atoms with Gasteiger partial charge >= 0.3 is 0 Å². The van der Waals surface area contributed by atoms with Crippen molar-refractivity contribution in [3.63, 3.8) is 0 Å². The first kappa shape index (κ1) is 16.9. The van der Waals surface area contributed by atoms with Gasteiger partial charge in [0, 0.05) is 23.7 Å². The van der Waals surface area contributed by atoms with Crippen molar-refractivity contribution in [2.45, 2.75) is 32.2 Å². The van der Waals surface area contributed by atoms with E-state index >= 15 is 0 Å². The summed E-state index contributed by atoms with van der Waals surface area (Å²) in [4.78, 5) is 21.3. The highest BCUT2D eigenvalue weighted by molar-refractivity contribution is 6.04. The van der Waals surface area contributed by atoms with Gasteiger partial charge in [-0.25, -0.2) is 0 Å². The number of rotatable bonds is 3. The minimum atomic E-state index is -0.193. The molecule has 0 saturated heterocycles. The highest BCUT2D eigenvalue weighted by Crippen LogP contribution is 2.25. The Morgan fingerprint density at radius 2 is 2.20 bits per heavy atom. The van der Waals surface area contributed by atoms with E-state index in [1.54, 1.807) is 30.6 Å². The van der Waals surface area contributed by atoms with Crippen LogP contribution in [0.4, 0.5) is 5.69 Å². The molecule has 0 bridgehead atoms. The zero-order valence-electron chi connectivity index (χ0n) is 14.3. The fourth-order valence-corrected chi connectivity index (χ4v) is 3.04. The summed E-state index contributed by atoms with van der Waals surface area (Å²) in [7, 11) is 0. The minimum absolute atomic E-state index is 0.142. The summed E-state index contributed by atoms with van der Waals surface area (Å²) in [6.07, 6.45) is 5.83. The third kappa shape index (κ3) is 4.12. The predicted molar refractivity (Wildman–Crippen MR) is 99.9 cm³/mol. The van der Waals surface area contributed by atoms with Crippen molar-refractivity contribution < 1.29 is 4.79 Å². The molecular formula is C20H22N4O. The summed E-state index contributed by atoms with van der Waals surface area (Å²) in [6.45, 7) is 2.04. The lowest BCUT2D eigenvalue weighted by Crippen LogP contribution is -2.41. The maximum Gasteiger partial charge on any atom is 0.270 e. The summed E-state index contributed by atoms with van der Waals surface area (Å²) in [5.41, 5.74) is 10.2. The van der Waals surface area contributed by atoms with Crippen molar-refractivity contribution in [2.24, 2.45) is 10.7 Å². The van der Waals surface area contributed by atoms with Crippen molar-refractivity contribution in [3.05, 3.63) is 71.7 Å². The summed E-state index contributed by atoms with van der Waals surface area (Å²) in [5, 5.41) is 3.03. The van der Waals surface area contributed by atoms with Crippen LogP contribution in [-0.2, 0) is 0 Å². The second kappa shape index (κ2) is 7.75. The van der Waals surface area contributed by atoms with Gasteiger partial charge in [-0.2, -0.15) is 0 Å². The van der Waals surface area contributed by atoms with Gasteiger partial charge in [-0.1, -0.05) is 18.2 Å². The van der Waals surface area contributed by atoms with Crippen molar-refractivity contribution in [1.82, 2.24) is 10.3 Å². The van der Waals surface area contributed by atoms with E-state index in [9.17, 15) is 4.79 Å². The fraction of sp³-hybridized carbons (Fsp3) is 0.250. The van der Waals surface area contributed by atoms with Crippen molar-refractivity contribution in [1.29, 1.82) is 0 Å². The topological polar surface area (TPSA) is 80.4 Å². The number of hydrogen-bond donors (Lipinski definition) is 2. The fourth-order valence-electron chi connectivity index (χ4n) is 3.04. The zero-order chi connectivity index (χ0) is 17.6. The van der Waals surface area contributed by atoms with Crippen LogP contribution in [0.1, 0.15) is 35.3 Å². The van der Waals surface area contributed by atoms with Crippen molar-refractivity contribution in [2.75, 3.05) is 0 Å². The van der Waals surface area contributed by atoms with Gasteiger partial charge in [-0.15, -0.1) is 0 Å². The first-order valence-electron chi connectivity index (χ1n) is 8.45. The van der Waals surface area contributed by atoms with Crippen LogP contribution in [0.3, 0.4) is 0 Å². The van der Waals surface area contributed by atoms with Gasteiger partial charge in [0.1, 0.15) is 5.69 Å². The second-order valence-electron chi connectivity index (χ2n) is 6.15. The second-order valence-corrected chi connectivity index (χ2v) is 6.15. The molecule has 0 aliphatic heterocycles. The van der Waals surface area contributed by atoms with E-state index < -0.39 is 0 Å². The van der Waals surface area contributed by atoms with Crippen LogP contribution in [0, 0.1) is 6.92 Å². The molecule has 5 nitrogen and oxygen atoms in total. The van der Waals surface area contributed by atoms with Gasteiger partial charge in [0.25, 0.3) is 5.91 Å². The van der Waals surface area contributed by atoms with Crippen LogP contribution in [0.5, 0.6) is 0 Å². The van der Waals surface area contributed by atoms with Gasteiger partial charge in [-0.05, 0) is 56.0 Å². The van der Waals surface area contributed by atoms with E-state index in [0.29, 0.717) is 5.69 Å². The van der Waals surface area contributed by atoms with Crippen LogP contribution >= 0.6 is 0 Å². The Morgan fingerprint density at radius 3 is 2.92 bits per heavy atom. The first-order valence-corrected chi connectivity index (χ1v) is 8.45. The van der Waals surface area contributed by atoms with E-state index in [1.165, 1.54) is 0 Å². The number of aryl methyl sites for hydroxylation is 1. The number of carbonyl (C=O) groups excluding carboxylic acids is 1. The Labute approximate surface area is 147 Å². The Morgan fingerprint density at radius 1 is 1.32 bits per heavy atom. The lowest BCUT2D eigenvalue weighted by Gasteiger charge is -2.27. The molecule has 25 heavy (non-hydrogen) atoms. The van der Waals surface area contributed by atoms with E-state index in [2.05, 4.69) is 10.3 Å². The minimum Gasteiger partial charge on any atom is -0.404 e. The number of pyridine rings is 1. The van der Waals surface area contributed by atoms with Crippen LogP contribution < -0.4 is 11.1 Å². The molecule has 1 aromatic heterocycles. The molecule has 0 spiro atoms. The largest absolute Gasteiger partial charge is 0.404 e. The summed E-state index contributed by atoms with van der Waals surface area (Å²) < 4.78 is 0. The Balaban J connectivity index is 1.80. The lowest BCUT2D eigenvalue weighted by molar-refractivity contribution is 0.0936. The number of aromatic nitrogens is 1. The average Bonchev–Trinajstić information content (AvgIpc) is 2.63. The molecule has 128 valence electrons. The molecular weight excluding hydrogens is 312 g/mol. The summed E-state index contributed by atoms with van der Waals surface area (Å²) in [5.74, 6) is -0.193. The molecule has 1 unspecified atom stereocenters. The molecule has 1 saturated carbocycles. The van der Waals surface area contributed by atoms with Gasteiger partial charge in [0.15, 0.2) is 0 Å². The third-order valence-corrected chi connectivity index (χ3v) is 4.26. The van der Waals surface area contributed by atoms with Crippen LogP contribution in [0.2, 0.25) is 0 Å². The maximum atomic E-state index is 12.4. The summed E-state index contributed by atoms with van der Waals surface area (Å²) >= 11 is 0. The molecule has 1 amide bonds. The molecule has 1 aromatic carbocycles. The van der Waals surface area contributed by atoms with Crippen LogP contribution in [0.15, 0.2) is 65.4 Å². The average molecular weight is 334 g/mol. The monoisotopic (exact) mass is 334 g/mol. The van der Waals surface area contributed by atoms with Gasteiger partial charge in [-0.3, -0.25) is 14.8 Å². The summed E-state index contributed by atoms with van der Waals surface area (Å²) in [6, 6.07) is 13.2. The molecule has 1 heterocycles. The molecule has 2 aromatic rings. The van der Waals surface area contributed by atoms with E-state index in [1.807, 2.05) is 31.2 Å². The molecule has 1 atom stereocenters. The third-order valence-electron chi connectivity index (χ3n) is 4.26. The molecule has 3 rings (SSSR count). The predicted octanol–water partition coefficient (Wildman–Crippen LogP) is 3.29. The van der Waals surface area contributed by atoms with Gasteiger partial charge in [0.05, 0.1) is 11.7 Å². The van der Waals surface area contributed by atoms with Crippen molar-refractivity contribution >= 4 is 17.3 Å². The number of hydrogen-bond acceptors (Lipinski definition) is 4. The number of aliphatic imine (C=N–C) groups is 1. The van der Waals surface area contributed by atoms with Crippen LogP contribution in [-0.4, -0.2) is 22.6 Å². The molecule has 1 aliphatic rings. The Hall–Kier alpha value is -2.95. The Kier molecular flexibility index (Phi) is 5.23. The van der Waals surface area contributed by atoms with E-state index in [0.717, 1.165) is 41.8 Å². The maximum absolute atomic E-state index is 12.4. The molecule has 5 heteroatoms. The number of benzene rings is 1. The zero-order valence-corrected chi connectivity index (χ0v) is 14.3. The lowest BCUT2D eigenvalue weighted by atomic mass is 9.88. The highest BCUT2D eigenvalue weighted by atomic mass is 16.1. The number of carbonyl (C=O) groups is 1. The quantitative estimate of drug-likeness (QED) is 0.904. The normalized spacial score (nSPS) is 20.6. The number of nitrogens with zero attached hydrogens (tertiary/aromatic N) is 2. The van der Waals surface area contributed by atoms with Gasteiger partial charge in [0.2, 0.25) is 0 Å². The first-order chi connectivity index (χ1) is 12.2. The van der Waals surface area contributed by atoms with Crippen molar-refractivity contribution in [3.8, 4) is 0 Å². The molecule has 1 aliphatic carbocycles. The van der Waals surface area contributed by atoms with E-state index in [-0.39, 0.29) is 11.9 Å². The number of nitrogens with two attached hydrogens (primary N) is 1. The van der Waals surface area contributed by atoms with E-state index in [4.69, 9.17) is 10.7 Å². The van der Waals surface area contributed by atoms with Crippen LogP contribution in [0.25, 0.3) is 0 Å². The smallest absolute Gasteiger partial charge is 0.270 e. The SMILES string of the molecule is Cc1cccc(N=C2CCCC(NC(=O)c3ccccn3)/C2=C/N)c1. The number of amides is 1. The molecule has 3 N–H and O–H groups in total. The molecule has 1 fully saturated rings. The standard InChI is InChI=1S/C20H22N4O/c1-14-6-4-7-15(12-14)23-17-9-5-10-18(16(17)13-21)24-20(25)19-8-2-3-11-22-19/h2-4,6-8,11-13,18H,5,9-10,21H2,1H3,(H,24,25)/b16-13+,23-17?. The number of nitrogens with one attached hydrogen (secondary N) is 1. The van der Waals surface area contributed by atoms with Gasteiger partial charge < -0.3 is 11.1 Å². The highest BCUT2D eigenvalue weighted by Gasteiger charge is 2.26.